The largest absolute Gasteiger partial charge is 0.381 e. The minimum absolute atomic E-state index is 0.0243. The highest BCUT2D eigenvalue weighted by Crippen LogP contribution is 2.26. The van der Waals surface area contributed by atoms with Crippen LogP contribution in [-0.2, 0) is 0 Å². The predicted octanol–water partition coefficient (Wildman–Crippen LogP) is 3.90. The first kappa shape index (κ1) is 21.6. The van der Waals surface area contributed by atoms with Gasteiger partial charge in [-0.15, -0.1) is 5.10 Å². The molecule has 34 heavy (non-hydrogen) atoms. The molecule has 3 aromatic heterocycles. The Labute approximate surface area is 197 Å². The highest BCUT2D eigenvalue weighted by atomic mass is 35.5. The topological polar surface area (TPSA) is 107 Å². The highest BCUT2D eigenvalue weighted by Gasteiger charge is 2.24. The third-order valence-corrected chi connectivity index (χ3v) is 5.85. The van der Waals surface area contributed by atoms with E-state index < -0.39 is 23.3 Å². The number of hydrogen-bond acceptors (Lipinski definition) is 5. The molecule has 0 bridgehead atoms. The molecule has 10 heteroatoms. The zero-order valence-electron chi connectivity index (χ0n) is 17.9. The number of anilines is 1. The van der Waals surface area contributed by atoms with Gasteiger partial charge in [0.1, 0.15) is 11.4 Å². The smallest absolute Gasteiger partial charge is 0.264 e. The van der Waals surface area contributed by atoms with Gasteiger partial charge >= 0.3 is 0 Å². The molecule has 3 heterocycles. The number of nitrogens with zero attached hydrogens (tertiary/aromatic N) is 4. The Morgan fingerprint density at radius 3 is 2.76 bits per heavy atom. The molecule has 0 aliphatic carbocycles. The Bertz CT molecular complexity index is 1640. The van der Waals surface area contributed by atoms with Crippen molar-refractivity contribution in [3.8, 4) is 5.69 Å². The molecule has 0 radical (unpaired) electrons. The fourth-order valence-electron chi connectivity index (χ4n) is 4.00. The van der Waals surface area contributed by atoms with E-state index in [0.717, 1.165) is 0 Å². The van der Waals surface area contributed by atoms with Crippen LogP contribution in [0.5, 0.6) is 0 Å². The van der Waals surface area contributed by atoms with E-state index in [9.17, 15) is 14.0 Å². The number of pyridine rings is 1. The first-order valence-electron chi connectivity index (χ1n) is 10.3. The van der Waals surface area contributed by atoms with Crippen molar-refractivity contribution in [3.05, 3.63) is 99.4 Å². The number of nitrogen functional groups attached to an aromatic ring is 1. The van der Waals surface area contributed by atoms with Crippen LogP contribution >= 0.6 is 11.6 Å². The second kappa shape index (κ2) is 8.27. The molecule has 0 saturated carbocycles. The summed E-state index contributed by atoms with van der Waals surface area (Å²) in [5.41, 5.74) is 6.71. The minimum Gasteiger partial charge on any atom is -0.381 e. The number of fused-ring (bicyclic) bond motifs is 2. The second-order valence-electron chi connectivity index (χ2n) is 7.74. The summed E-state index contributed by atoms with van der Waals surface area (Å²) in [4.78, 5) is 30.9. The maximum Gasteiger partial charge on any atom is 0.264 e. The molecule has 0 spiro atoms. The Balaban J connectivity index is 1.65. The number of rotatable bonds is 4. The number of benzene rings is 2. The zero-order valence-corrected chi connectivity index (χ0v) is 18.6. The van der Waals surface area contributed by atoms with Gasteiger partial charge in [0.15, 0.2) is 11.5 Å². The Hall–Kier alpha value is -4.24. The number of nitrogens with one attached hydrogen (secondary N) is 1. The first-order valence-corrected chi connectivity index (χ1v) is 10.7. The molecular formula is C24H18ClFN6O2. The summed E-state index contributed by atoms with van der Waals surface area (Å²) in [6.45, 7) is 1.72. The molecule has 1 unspecified atom stereocenters. The van der Waals surface area contributed by atoms with Crippen LogP contribution in [0.3, 0.4) is 0 Å². The fourth-order valence-corrected chi connectivity index (χ4v) is 4.27. The molecule has 1 amide bonds. The summed E-state index contributed by atoms with van der Waals surface area (Å²) in [6, 6.07) is 13.5. The Kier molecular flexibility index (Phi) is 5.25. The van der Waals surface area contributed by atoms with Crippen LogP contribution in [0.4, 0.5) is 10.2 Å². The number of nitrogens with two attached hydrogens (primary N) is 1. The van der Waals surface area contributed by atoms with E-state index in [1.807, 2.05) is 0 Å². The van der Waals surface area contributed by atoms with Crippen molar-refractivity contribution < 1.29 is 9.18 Å². The fraction of sp³-hybridized carbons (Fsp3) is 0.0833. The zero-order chi connectivity index (χ0) is 24.0. The van der Waals surface area contributed by atoms with Gasteiger partial charge in [-0.3, -0.25) is 14.2 Å². The number of aromatic nitrogens is 4. The van der Waals surface area contributed by atoms with Gasteiger partial charge in [0.2, 0.25) is 0 Å². The summed E-state index contributed by atoms with van der Waals surface area (Å²) in [6.07, 6.45) is 3.17. The molecule has 5 rings (SSSR count). The van der Waals surface area contributed by atoms with Crippen LogP contribution in [0.1, 0.15) is 29.0 Å². The summed E-state index contributed by atoms with van der Waals surface area (Å²) in [5.74, 6) is -0.990. The standard InChI is InChI=1S/C24H18ClFN6O2/c1-13(29-23(33)20-21(27)30-31-10-4-9-28-22(20)31)18-11-14-5-2-8-17(25)19(14)24(34)32(18)16-7-3-6-15(26)12-16/h2-13H,1H3,(H2,27,30)(H,29,33). The first-order chi connectivity index (χ1) is 16.3. The van der Waals surface area contributed by atoms with E-state index in [2.05, 4.69) is 15.4 Å². The summed E-state index contributed by atoms with van der Waals surface area (Å²) in [5, 5.41) is 8.15. The van der Waals surface area contributed by atoms with Gasteiger partial charge in [0.05, 0.1) is 22.1 Å². The summed E-state index contributed by atoms with van der Waals surface area (Å²) >= 11 is 6.32. The normalized spacial score (nSPS) is 12.2. The maximum absolute atomic E-state index is 14.1. The van der Waals surface area contributed by atoms with Gasteiger partial charge in [-0.1, -0.05) is 29.8 Å². The quantitative estimate of drug-likeness (QED) is 0.409. The van der Waals surface area contributed by atoms with Crippen molar-refractivity contribution in [2.24, 2.45) is 0 Å². The van der Waals surface area contributed by atoms with Crippen LogP contribution in [0.15, 0.2) is 71.8 Å². The van der Waals surface area contributed by atoms with E-state index in [-0.39, 0.29) is 16.4 Å². The van der Waals surface area contributed by atoms with Gasteiger partial charge in [-0.2, -0.15) is 0 Å². The maximum atomic E-state index is 14.1. The molecule has 0 fully saturated rings. The van der Waals surface area contributed by atoms with Crippen molar-refractivity contribution in [2.75, 3.05) is 5.73 Å². The summed E-state index contributed by atoms with van der Waals surface area (Å²) in [7, 11) is 0. The van der Waals surface area contributed by atoms with Crippen LogP contribution in [0, 0.1) is 5.82 Å². The third kappa shape index (κ3) is 3.56. The molecular weight excluding hydrogens is 459 g/mol. The average Bonchev–Trinajstić information content (AvgIpc) is 3.14. The Morgan fingerprint density at radius 1 is 1.18 bits per heavy atom. The van der Waals surface area contributed by atoms with E-state index in [1.54, 1.807) is 49.5 Å². The van der Waals surface area contributed by atoms with E-state index >= 15 is 0 Å². The molecule has 1 atom stereocenters. The molecule has 0 aliphatic rings. The van der Waals surface area contributed by atoms with Crippen LogP contribution < -0.4 is 16.6 Å². The number of halogens is 2. The Morgan fingerprint density at radius 2 is 1.97 bits per heavy atom. The van der Waals surface area contributed by atoms with Gasteiger partial charge in [-0.25, -0.2) is 13.9 Å². The molecule has 0 saturated heterocycles. The van der Waals surface area contributed by atoms with Crippen molar-refractivity contribution in [1.29, 1.82) is 0 Å². The van der Waals surface area contributed by atoms with Crippen molar-refractivity contribution in [1.82, 2.24) is 24.5 Å². The lowest BCUT2D eigenvalue weighted by molar-refractivity contribution is 0.0941. The molecule has 0 aliphatic heterocycles. The third-order valence-electron chi connectivity index (χ3n) is 5.53. The molecule has 3 N–H and O–H groups in total. The lowest BCUT2D eigenvalue weighted by Gasteiger charge is -2.21. The predicted molar refractivity (Wildman–Crippen MR) is 128 cm³/mol. The van der Waals surface area contributed by atoms with E-state index in [0.29, 0.717) is 27.8 Å². The highest BCUT2D eigenvalue weighted by molar-refractivity contribution is 6.35. The monoisotopic (exact) mass is 476 g/mol. The van der Waals surface area contributed by atoms with Gasteiger partial charge < -0.3 is 11.1 Å². The van der Waals surface area contributed by atoms with Crippen LogP contribution in [0.25, 0.3) is 22.1 Å². The lowest BCUT2D eigenvalue weighted by Crippen LogP contribution is -2.32. The average molecular weight is 477 g/mol. The van der Waals surface area contributed by atoms with Gasteiger partial charge in [-0.05, 0) is 48.7 Å². The SMILES string of the molecule is CC(NC(=O)c1c(N)nn2cccnc12)c1cc2cccc(Cl)c2c(=O)n1-c1cccc(F)c1. The lowest BCUT2D eigenvalue weighted by atomic mass is 10.1. The molecule has 2 aromatic carbocycles. The van der Waals surface area contributed by atoms with Gasteiger partial charge in [0.25, 0.3) is 11.5 Å². The summed E-state index contributed by atoms with van der Waals surface area (Å²) < 4.78 is 16.8. The molecule has 8 nitrogen and oxygen atoms in total. The molecule has 5 aromatic rings. The number of amides is 1. The van der Waals surface area contributed by atoms with Crippen molar-refractivity contribution in [2.45, 2.75) is 13.0 Å². The van der Waals surface area contributed by atoms with Gasteiger partial charge in [0, 0.05) is 18.1 Å². The van der Waals surface area contributed by atoms with E-state index in [4.69, 9.17) is 17.3 Å². The molecule has 170 valence electrons. The van der Waals surface area contributed by atoms with Crippen LogP contribution in [0.2, 0.25) is 5.02 Å². The number of carbonyl (C=O) groups excluding carboxylic acids is 1. The number of carbonyl (C=O) groups is 1. The van der Waals surface area contributed by atoms with Crippen molar-refractivity contribution in [3.63, 3.8) is 0 Å². The second-order valence-corrected chi connectivity index (χ2v) is 8.14. The van der Waals surface area contributed by atoms with Crippen molar-refractivity contribution >= 4 is 39.7 Å². The van der Waals surface area contributed by atoms with Crippen LogP contribution in [-0.4, -0.2) is 25.1 Å². The van der Waals surface area contributed by atoms with E-state index in [1.165, 1.54) is 33.5 Å². The number of hydrogen-bond donors (Lipinski definition) is 2. The minimum atomic E-state index is -0.676.